The number of morpholine rings is 1. The van der Waals surface area contributed by atoms with Crippen molar-refractivity contribution in [3.05, 3.63) is 24.7 Å². The molecule has 4 rings (SSSR count). The second-order valence-corrected chi connectivity index (χ2v) is 8.56. The van der Waals surface area contributed by atoms with Crippen molar-refractivity contribution in [1.82, 2.24) is 9.97 Å². The normalized spacial score (nSPS) is 24.3. The molecule has 31 heavy (non-hydrogen) atoms. The van der Waals surface area contributed by atoms with Crippen molar-refractivity contribution in [1.29, 1.82) is 0 Å². The molecule has 1 amide bonds. The quantitative estimate of drug-likeness (QED) is 0.645. The van der Waals surface area contributed by atoms with Crippen LogP contribution in [-0.4, -0.2) is 62.0 Å². The molecule has 2 N–H and O–H groups in total. The monoisotopic (exact) mass is 428 g/mol. The van der Waals surface area contributed by atoms with Gasteiger partial charge in [-0.2, -0.15) is 0 Å². The molecule has 1 aromatic heterocycles. The second kappa shape index (κ2) is 9.78. The van der Waals surface area contributed by atoms with Crippen LogP contribution in [0.4, 0.5) is 5.69 Å². The van der Waals surface area contributed by atoms with Crippen molar-refractivity contribution in [2.45, 2.75) is 44.6 Å². The Morgan fingerprint density at radius 2 is 2.06 bits per heavy atom. The van der Waals surface area contributed by atoms with Gasteiger partial charge in [-0.3, -0.25) is 4.79 Å². The molecule has 1 saturated carbocycles. The summed E-state index contributed by atoms with van der Waals surface area (Å²) in [4.78, 5) is 23.2. The predicted molar refractivity (Wildman–Crippen MR) is 118 cm³/mol. The number of hydrogen-bond donors (Lipinski definition) is 1. The highest BCUT2D eigenvalue weighted by atomic mass is 16.5. The van der Waals surface area contributed by atoms with Gasteiger partial charge in [-0.05, 0) is 44.6 Å². The number of rotatable bonds is 8. The summed E-state index contributed by atoms with van der Waals surface area (Å²) in [7, 11) is 1.68. The predicted octanol–water partition coefficient (Wildman–Crippen LogP) is 2.69. The van der Waals surface area contributed by atoms with Crippen LogP contribution in [0.5, 0.6) is 5.75 Å². The molecule has 1 aliphatic heterocycles. The summed E-state index contributed by atoms with van der Waals surface area (Å²) in [6.45, 7) is 3.79. The Morgan fingerprint density at radius 3 is 2.77 bits per heavy atom. The largest absolute Gasteiger partial charge is 0.490 e. The Labute approximate surface area is 183 Å². The molecule has 0 atom stereocenters. The minimum Gasteiger partial charge on any atom is -0.490 e. The summed E-state index contributed by atoms with van der Waals surface area (Å²) >= 11 is 0. The molecule has 168 valence electrons. The number of ether oxygens (including phenoxy) is 3. The average Bonchev–Trinajstić information content (AvgIpc) is 2.81. The number of methoxy groups -OCH3 is 1. The fourth-order valence-corrected chi connectivity index (χ4v) is 4.76. The third kappa shape index (κ3) is 4.91. The highest BCUT2D eigenvalue weighted by Crippen LogP contribution is 2.42. The number of aromatic nitrogens is 2. The van der Waals surface area contributed by atoms with Gasteiger partial charge < -0.3 is 24.8 Å². The first-order valence-corrected chi connectivity index (χ1v) is 11.1. The van der Waals surface area contributed by atoms with Gasteiger partial charge in [-0.1, -0.05) is 0 Å². The number of hydrogen-bond acceptors (Lipinski definition) is 7. The standard InChI is InChI=1S/C23H32N4O4/c1-29-10-2-5-23(22(24)28)6-3-18(4-7-23)31-21-14-17(27-8-11-30-12-9-27)13-20-19(21)15-25-16-26-20/h13-16,18H,2-12H2,1H3,(H2,24,28). The number of nitrogens with zero attached hydrogens (tertiary/aromatic N) is 3. The number of carbonyl (C=O) groups excluding carboxylic acids is 1. The van der Waals surface area contributed by atoms with E-state index in [9.17, 15) is 4.79 Å². The molecule has 1 aliphatic carbocycles. The Hall–Kier alpha value is -2.45. The van der Waals surface area contributed by atoms with Gasteiger partial charge in [0.25, 0.3) is 0 Å². The topological polar surface area (TPSA) is 99.8 Å². The first-order valence-electron chi connectivity index (χ1n) is 11.1. The van der Waals surface area contributed by atoms with E-state index in [1.807, 2.05) is 6.20 Å². The lowest BCUT2D eigenvalue weighted by Gasteiger charge is -2.38. The van der Waals surface area contributed by atoms with Crippen LogP contribution in [0.25, 0.3) is 10.9 Å². The molecule has 0 unspecified atom stereocenters. The summed E-state index contributed by atoms with van der Waals surface area (Å²) in [5, 5.41) is 0.909. The number of carbonyl (C=O) groups is 1. The van der Waals surface area contributed by atoms with E-state index in [0.717, 1.165) is 87.2 Å². The van der Waals surface area contributed by atoms with Crippen molar-refractivity contribution < 1.29 is 19.0 Å². The van der Waals surface area contributed by atoms with Gasteiger partial charge in [0.15, 0.2) is 0 Å². The van der Waals surface area contributed by atoms with Crippen LogP contribution in [-0.2, 0) is 14.3 Å². The van der Waals surface area contributed by atoms with E-state index in [4.69, 9.17) is 19.9 Å². The van der Waals surface area contributed by atoms with Gasteiger partial charge in [0.1, 0.15) is 12.1 Å². The van der Waals surface area contributed by atoms with Crippen LogP contribution in [0.2, 0.25) is 0 Å². The van der Waals surface area contributed by atoms with Crippen molar-refractivity contribution in [3.63, 3.8) is 0 Å². The molecular formula is C23H32N4O4. The molecular weight excluding hydrogens is 396 g/mol. The first kappa shape index (κ1) is 21.8. The zero-order chi connectivity index (χ0) is 21.7. The van der Waals surface area contributed by atoms with E-state index in [0.29, 0.717) is 6.61 Å². The van der Waals surface area contributed by atoms with Gasteiger partial charge in [-0.25, -0.2) is 9.97 Å². The molecule has 8 nitrogen and oxygen atoms in total. The highest BCUT2D eigenvalue weighted by molar-refractivity contribution is 5.88. The van der Waals surface area contributed by atoms with E-state index in [-0.39, 0.29) is 12.0 Å². The molecule has 1 saturated heterocycles. The van der Waals surface area contributed by atoms with Crippen molar-refractivity contribution >= 4 is 22.5 Å². The number of anilines is 1. The first-order chi connectivity index (χ1) is 15.1. The lowest BCUT2D eigenvalue weighted by molar-refractivity contribution is -0.131. The van der Waals surface area contributed by atoms with E-state index < -0.39 is 5.41 Å². The molecule has 1 aromatic carbocycles. The van der Waals surface area contributed by atoms with E-state index in [1.165, 1.54) is 0 Å². The zero-order valence-electron chi connectivity index (χ0n) is 18.2. The third-order valence-corrected chi connectivity index (χ3v) is 6.66. The van der Waals surface area contributed by atoms with Crippen molar-refractivity contribution in [2.24, 2.45) is 11.1 Å². The fraction of sp³-hybridized carbons (Fsp3) is 0.609. The van der Waals surface area contributed by atoms with Gasteiger partial charge in [0.05, 0.1) is 30.2 Å². The number of benzene rings is 1. The van der Waals surface area contributed by atoms with E-state index in [2.05, 4.69) is 27.0 Å². The van der Waals surface area contributed by atoms with Crippen LogP contribution in [0.1, 0.15) is 38.5 Å². The molecule has 2 aliphatic rings. The highest BCUT2D eigenvalue weighted by Gasteiger charge is 2.40. The van der Waals surface area contributed by atoms with E-state index in [1.54, 1.807) is 13.4 Å². The maximum absolute atomic E-state index is 12.2. The Bertz CT molecular complexity index is 892. The maximum Gasteiger partial charge on any atom is 0.223 e. The number of primary amides is 1. The summed E-state index contributed by atoms with van der Waals surface area (Å²) in [6.07, 6.45) is 8.11. The fourth-order valence-electron chi connectivity index (χ4n) is 4.76. The number of fused-ring (bicyclic) bond motifs is 1. The van der Waals surface area contributed by atoms with E-state index >= 15 is 0 Å². The van der Waals surface area contributed by atoms with Crippen LogP contribution in [0.3, 0.4) is 0 Å². The lowest BCUT2D eigenvalue weighted by Crippen LogP contribution is -2.42. The van der Waals surface area contributed by atoms with Gasteiger partial charge in [-0.15, -0.1) is 0 Å². The minimum absolute atomic E-state index is 0.0400. The molecule has 0 spiro atoms. The molecule has 2 aromatic rings. The summed E-state index contributed by atoms with van der Waals surface area (Å²) in [5.41, 5.74) is 7.32. The zero-order valence-corrected chi connectivity index (χ0v) is 18.2. The molecule has 8 heteroatoms. The summed E-state index contributed by atoms with van der Waals surface area (Å²) in [6, 6.07) is 4.18. The summed E-state index contributed by atoms with van der Waals surface area (Å²) < 4.78 is 17.1. The smallest absolute Gasteiger partial charge is 0.223 e. The molecule has 0 radical (unpaired) electrons. The number of amides is 1. The van der Waals surface area contributed by atoms with Gasteiger partial charge in [0.2, 0.25) is 5.91 Å². The Morgan fingerprint density at radius 1 is 1.29 bits per heavy atom. The molecule has 2 heterocycles. The van der Waals surface area contributed by atoms with Gasteiger partial charge >= 0.3 is 0 Å². The summed E-state index contributed by atoms with van der Waals surface area (Å²) in [5.74, 6) is 0.603. The Balaban J connectivity index is 1.50. The van der Waals surface area contributed by atoms with Crippen LogP contribution >= 0.6 is 0 Å². The number of nitrogens with two attached hydrogens (primary N) is 1. The van der Waals surface area contributed by atoms with Crippen LogP contribution < -0.4 is 15.4 Å². The molecule has 0 bridgehead atoms. The lowest BCUT2D eigenvalue weighted by atomic mass is 9.70. The van der Waals surface area contributed by atoms with Gasteiger partial charge in [0, 0.05) is 50.2 Å². The molecule has 2 fully saturated rings. The second-order valence-electron chi connectivity index (χ2n) is 8.56. The van der Waals surface area contributed by atoms with Crippen LogP contribution in [0, 0.1) is 5.41 Å². The van der Waals surface area contributed by atoms with Crippen molar-refractivity contribution in [3.8, 4) is 5.75 Å². The average molecular weight is 429 g/mol. The Kier molecular flexibility index (Phi) is 6.87. The van der Waals surface area contributed by atoms with Crippen LogP contribution in [0.15, 0.2) is 24.7 Å². The minimum atomic E-state index is -0.445. The van der Waals surface area contributed by atoms with Crippen molar-refractivity contribution in [2.75, 3.05) is 44.9 Å². The maximum atomic E-state index is 12.2. The third-order valence-electron chi connectivity index (χ3n) is 6.66. The SMILES string of the molecule is COCCCC1(C(N)=O)CCC(Oc2cc(N3CCOCC3)cc3ncncc23)CC1.